The number of carbonyl (C=O) groups is 1. The van der Waals surface area contributed by atoms with Crippen molar-refractivity contribution in [2.75, 3.05) is 13.2 Å². The monoisotopic (exact) mass is 336 g/mol. The average Bonchev–Trinajstić information content (AvgIpc) is 3.02. The van der Waals surface area contributed by atoms with Crippen LogP contribution in [0.25, 0.3) is 0 Å². The van der Waals surface area contributed by atoms with Gasteiger partial charge in [0, 0.05) is 25.1 Å². The lowest BCUT2D eigenvalue weighted by molar-refractivity contribution is -0.141. The number of fused-ring (bicyclic) bond motifs is 1. The lowest BCUT2D eigenvalue weighted by atomic mass is 10.1. The smallest absolute Gasteiger partial charge is 0.433 e. The van der Waals surface area contributed by atoms with E-state index in [4.69, 9.17) is 4.74 Å². The van der Waals surface area contributed by atoms with Crippen molar-refractivity contribution in [3.05, 3.63) is 58.9 Å². The number of carbonyl (C=O) groups excluding carboxylic acids is 1. The van der Waals surface area contributed by atoms with Crippen LogP contribution < -0.4 is 10.1 Å². The number of alkyl halides is 3. The van der Waals surface area contributed by atoms with E-state index in [-0.39, 0.29) is 24.6 Å². The summed E-state index contributed by atoms with van der Waals surface area (Å²) in [6.45, 7) is 0.741. The maximum atomic E-state index is 12.6. The van der Waals surface area contributed by atoms with Gasteiger partial charge in [0.2, 0.25) is 0 Å². The van der Waals surface area contributed by atoms with Crippen LogP contribution in [0.15, 0.2) is 36.4 Å². The minimum absolute atomic E-state index is 0.191. The number of nitrogens with zero attached hydrogens (tertiary/aromatic N) is 1. The number of hydrogen-bond donors (Lipinski definition) is 1. The Kier molecular flexibility index (Phi) is 4.42. The van der Waals surface area contributed by atoms with Gasteiger partial charge in [0.05, 0.1) is 12.2 Å². The Morgan fingerprint density at radius 1 is 1.21 bits per heavy atom. The highest BCUT2D eigenvalue weighted by molar-refractivity contribution is 5.97. The number of benzene rings is 1. The van der Waals surface area contributed by atoms with Crippen LogP contribution in [0.5, 0.6) is 5.75 Å². The van der Waals surface area contributed by atoms with Gasteiger partial charge >= 0.3 is 6.18 Å². The summed E-state index contributed by atoms with van der Waals surface area (Å²) in [6.07, 6.45) is -3.49. The Morgan fingerprint density at radius 3 is 2.79 bits per heavy atom. The van der Waals surface area contributed by atoms with Crippen molar-refractivity contribution >= 4 is 5.91 Å². The second kappa shape index (κ2) is 6.51. The van der Waals surface area contributed by atoms with Crippen LogP contribution in [0.3, 0.4) is 0 Å². The molecule has 3 rings (SSSR count). The summed E-state index contributed by atoms with van der Waals surface area (Å²) in [7, 11) is 0. The van der Waals surface area contributed by atoms with Crippen molar-refractivity contribution in [3.63, 3.8) is 0 Å². The fraction of sp³-hybridized carbons (Fsp3) is 0.294. The summed E-state index contributed by atoms with van der Waals surface area (Å²) in [6, 6.07) is 9.10. The van der Waals surface area contributed by atoms with Gasteiger partial charge in [-0.3, -0.25) is 4.79 Å². The fourth-order valence-corrected chi connectivity index (χ4v) is 2.57. The summed E-state index contributed by atoms with van der Waals surface area (Å²) in [5, 5.41) is 2.70. The highest BCUT2D eigenvalue weighted by Gasteiger charge is 2.32. The minimum atomic E-state index is -4.47. The van der Waals surface area contributed by atoms with Crippen LogP contribution in [0.1, 0.15) is 27.3 Å². The van der Waals surface area contributed by atoms with Gasteiger partial charge in [-0.05, 0) is 23.8 Å². The van der Waals surface area contributed by atoms with E-state index in [9.17, 15) is 18.0 Å². The van der Waals surface area contributed by atoms with Gasteiger partial charge in [-0.25, -0.2) is 4.98 Å². The van der Waals surface area contributed by atoms with Crippen LogP contribution in [0.4, 0.5) is 13.2 Å². The molecule has 7 heteroatoms. The summed E-state index contributed by atoms with van der Waals surface area (Å²) in [5.41, 5.74) is 0.782. The Labute approximate surface area is 136 Å². The number of amides is 1. The number of aromatic nitrogens is 1. The van der Waals surface area contributed by atoms with Crippen LogP contribution in [0.2, 0.25) is 0 Å². The van der Waals surface area contributed by atoms with E-state index >= 15 is 0 Å². The molecule has 0 fully saturated rings. The number of nitrogens with one attached hydrogen (secondary N) is 1. The molecule has 1 aliphatic rings. The largest absolute Gasteiger partial charge is 0.492 e. The summed E-state index contributed by atoms with van der Waals surface area (Å²) in [5.74, 6) is 0.285. The van der Waals surface area contributed by atoms with Crippen molar-refractivity contribution in [3.8, 4) is 5.75 Å². The number of para-hydroxylation sites is 1. The zero-order valence-corrected chi connectivity index (χ0v) is 12.7. The van der Waals surface area contributed by atoms with Gasteiger partial charge < -0.3 is 10.1 Å². The van der Waals surface area contributed by atoms with Crippen molar-refractivity contribution in [1.82, 2.24) is 10.3 Å². The molecule has 0 saturated carbocycles. The number of halogens is 3. The molecule has 1 aromatic carbocycles. The van der Waals surface area contributed by atoms with Gasteiger partial charge in [-0.15, -0.1) is 0 Å². The first kappa shape index (κ1) is 16.3. The predicted octanol–water partition coefficient (Wildman–Crippen LogP) is 3.01. The van der Waals surface area contributed by atoms with Gasteiger partial charge in [0.15, 0.2) is 0 Å². The topological polar surface area (TPSA) is 51.2 Å². The second-order valence-electron chi connectivity index (χ2n) is 5.41. The molecule has 0 spiro atoms. The molecule has 0 radical (unpaired) electrons. The SMILES string of the molecule is O=C(NCCc1cccc(C(F)(F)F)n1)c1cccc2c1OCC2. The molecule has 0 aliphatic carbocycles. The molecule has 1 N–H and O–H groups in total. The molecule has 126 valence electrons. The van der Waals surface area contributed by atoms with E-state index in [0.29, 0.717) is 17.9 Å². The van der Waals surface area contributed by atoms with Crippen LogP contribution >= 0.6 is 0 Å². The van der Waals surface area contributed by atoms with E-state index < -0.39 is 11.9 Å². The standard InChI is InChI=1S/C17H15F3N2O2/c18-17(19,20)14-6-2-4-12(22-14)7-9-21-16(23)13-5-1-3-11-8-10-24-15(11)13/h1-6H,7-10H2,(H,21,23). The lowest BCUT2D eigenvalue weighted by Crippen LogP contribution is -2.26. The highest BCUT2D eigenvalue weighted by Crippen LogP contribution is 2.29. The maximum absolute atomic E-state index is 12.6. The molecule has 2 aromatic rings. The van der Waals surface area contributed by atoms with Crippen molar-refractivity contribution < 1.29 is 22.7 Å². The van der Waals surface area contributed by atoms with E-state index in [0.717, 1.165) is 18.1 Å². The van der Waals surface area contributed by atoms with E-state index in [2.05, 4.69) is 10.3 Å². The third-order valence-corrected chi connectivity index (χ3v) is 3.72. The molecular formula is C17H15F3N2O2. The summed E-state index contributed by atoms with van der Waals surface area (Å²) < 4.78 is 43.3. The first-order chi connectivity index (χ1) is 11.4. The molecule has 1 aliphatic heterocycles. The molecule has 0 atom stereocenters. The van der Waals surface area contributed by atoms with Crippen LogP contribution in [-0.4, -0.2) is 24.0 Å². The highest BCUT2D eigenvalue weighted by atomic mass is 19.4. The number of ether oxygens (including phenoxy) is 1. The van der Waals surface area contributed by atoms with E-state index in [1.807, 2.05) is 6.07 Å². The van der Waals surface area contributed by atoms with Gasteiger partial charge in [-0.1, -0.05) is 18.2 Å². The number of pyridine rings is 1. The van der Waals surface area contributed by atoms with Crippen LogP contribution in [-0.2, 0) is 19.0 Å². The Morgan fingerprint density at radius 2 is 2.00 bits per heavy atom. The minimum Gasteiger partial charge on any atom is -0.492 e. The fourth-order valence-electron chi connectivity index (χ4n) is 2.57. The zero-order chi connectivity index (χ0) is 17.2. The molecule has 0 bridgehead atoms. The molecule has 1 amide bonds. The number of hydrogen-bond acceptors (Lipinski definition) is 3. The van der Waals surface area contributed by atoms with Crippen molar-refractivity contribution in [2.45, 2.75) is 19.0 Å². The van der Waals surface area contributed by atoms with Crippen molar-refractivity contribution in [1.29, 1.82) is 0 Å². The molecule has 2 heterocycles. The maximum Gasteiger partial charge on any atom is 0.433 e. The molecule has 24 heavy (non-hydrogen) atoms. The molecule has 0 unspecified atom stereocenters. The first-order valence-corrected chi connectivity index (χ1v) is 7.51. The molecular weight excluding hydrogens is 321 g/mol. The predicted molar refractivity (Wildman–Crippen MR) is 80.9 cm³/mol. The first-order valence-electron chi connectivity index (χ1n) is 7.51. The number of rotatable bonds is 4. The van der Waals surface area contributed by atoms with Crippen molar-refractivity contribution in [2.24, 2.45) is 0 Å². The molecule has 0 saturated heterocycles. The van der Waals surface area contributed by atoms with E-state index in [1.165, 1.54) is 12.1 Å². The Balaban J connectivity index is 1.61. The quantitative estimate of drug-likeness (QED) is 0.934. The third-order valence-electron chi connectivity index (χ3n) is 3.72. The molecule has 1 aromatic heterocycles. The Bertz CT molecular complexity index is 760. The summed E-state index contributed by atoms with van der Waals surface area (Å²) >= 11 is 0. The Hall–Kier alpha value is -2.57. The normalized spacial score (nSPS) is 13.3. The lowest BCUT2D eigenvalue weighted by Gasteiger charge is -2.10. The van der Waals surface area contributed by atoms with Crippen LogP contribution in [0, 0.1) is 0 Å². The summed E-state index contributed by atoms with van der Waals surface area (Å²) in [4.78, 5) is 15.8. The van der Waals surface area contributed by atoms with Gasteiger partial charge in [-0.2, -0.15) is 13.2 Å². The van der Waals surface area contributed by atoms with E-state index in [1.54, 1.807) is 12.1 Å². The van der Waals surface area contributed by atoms with Gasteiger partial charge in [0.25, 0.3) is 5.91 Å². The average molecular weight is 336 g/mol. The zero-order valence-electron chi connectivity index (χ0n) is 12.7. The second-order valence-corrected chi connectivity index (χ2v) is 5.41. The van der Waals surface area contributed by atoms with Gasteiger partial charge in [0.1, 0.15) is 11.4 Å². The molecule has 4 nitrogen and oxygen atoms in total. The third kappa shape index (κ3) is 3.50.